The zero-order valence-electron chi connectivity index (χ0n) is 11.1. The molecule has 1 aromatic rings. The van der Waals surface area contributed by atoms with Gasteiger partial charge in [0.2, 0.25) is 5.56 Å². The van der Waals surface area contributed by atoms with Gasteiger partial charge in [0.15, 0.2) is 0 Å². The summed E-state index contributed by atoms with van der Waals surface area (Å²) in [6.07, 6.45) is 10.2. The van der Waals surface area contributed by atoms with Gasteiger partial charge in [-0.2, -0.15) is 0 Å². The Kier molecular flexibility index (Phi) is 3.14. The van der Waals surface area contributed by atoms with Gasteiger partial charge in [0.1, 0.15) is 0 Å². The van der Waals surface area contributed by atoms with Gasteiger partial charge in [-0.1, -0.05) is 12.8 Å². The highest BCUT2D eigenvalue weighted by Gasteiger charge is 2.34. The van der Waals surface area contributed by atoms with E-state index in [4.69, 9.17) is 0 Å². The number of hydrogen-bond donors (Lipinski definition) is 1. The molecule has 2 saturated carbocycles. The second kappa shape index (κ2) is 4.79. The van der Waals surface area contributed by atoms with Crippen LogP contribution in [0.15, 0.2) is 23.1 Å². The summed E-state index contributed by atoms with van der Waals surface area (Å²) in [5, 5.41) is 3.60. The highest BCUT2D eigenvalue weighted by atomic mass is 16.1. The van der Waals surface area contributed by atoms with Crippen molar-refractivity contribution in [3.05, 3.63) is 28.7 Å². The van der Waals surface area contributed by atoms with Crippen molar-refractivity contribution in [2.24, 2.45) is 18.9 Å². The minimum absolute atomic E-state index is 0.0556. The first kappa shape index (κ1) is 11.8. The number of anilines is 1. The first-order valence-electron chi connectivity index (χ1n) is 7.15. The Morgan fingerprint density at radius 2 is 2.00 bits per heavy atom. The van der Waals surface area contributed by atoms with Crippen LogP contribution in [0.5, 0.6) is 0 Å². The zero-order valence-corrected chi connectivity index (χ0v) is 11.1. The molecule has 1 aromatic heterocycles. The molecule has 0 aliphatic heterocycles. The highest BCUT2D eigenvalue weighted by molar-refractivity contribution is 5.41. The summed E-state index contributed by atoms with van der Waals surface area (Å²) in [5.74, 6) is 1.97. The standard InChI is InChI=1S/C15H22N2O/c1-17-10-14(7-8-15(17)18)16-13-4-2-3-12(9-13)11-5-6-11/h7-8,10-13,16H,2-6,9H2,1H3. The van der Waals surface area contributed by atoms with E-state index in [-0.39, 0.29) is 5.56 Å². The van der Waals surface area contributed by atoms with Crippen LogP contribution in [0, 0.1) is 11.8 Å². The minimum atomic E-state index is 0.0556. The van der Waals surface area contributed by atoms with Crippen LogP contribution < -0.4 is 10.9 Å². The molecule has 3 heteroatoms. The third-order valence-electron chi connectivity index (χ3n) is 4.46. The molecule has 0 radical (unpaired) electrons. The smallest absolute Gasteiger partial charge is 0.250 e. The van der Waals surface area contributed by atoms with E-state index in [0.29, 0.717) is 6.04 Å². The van der Waals surface area contributed by atoms with Crippen LogP contribution in [0.4, 0.5) is 5.69 Å². The lowest BCUT2D eigenvalue weighted by atomic mass is 9.82. The summed E-state index contributed by atoms with van der Waals surface area (Å²) in [6.45, 7) is 0. The van der Waals surface area contributed by atoms with Gasteiger partial charge in [-0.25, -0.2) is 0 Å². The van der Waals surface area contributed by atoms with Crippen LogP contribution in [-0.4, -0.2) is 10.6 Å². The van der Waals surface area contributed by atoms with Crippen molar-refractivity contribution in [1.82, 2.24) is 4.57 Å². The molecule has 2 atom stereocenters. The van der Waals surface area contributed by atoms with Gasteiger partial charge < -0.3 is 9.88 Å². The molecule has 2 unspecified atom stereocenters. The van der Waals surface area contributed by atoms with Crippen molar-refractivity contribution in [1.29, 1.82) is 0 Å². The highest BCUT2D eigenvalue weighted by Crippen LogP contribution is 2.44. The van der Waals surface area contributed by atoms with E-state index >= 15 is 0 Å². The van der Waals surface area contributed by atoms with Crippen LogP contribution >= 0.6 is 0 Å². The molecule has 3 nitrogen and oxygen atoms in total. The van der Waals surface area contributed by atoms with Gasteiger partial charge in [0.05, 0.1) is 5.69 Å². The lowest BCUT2D eigenvalue weighted by Crippen LogP contribution is -2.28. The van der Waals surface area contributed by atoms with Gasteiger partial charge in [-0.05, 0) is 43.6 Å². The molecule has 0 bridgehead atoms. The normalized spacial score (nSPS) is 28.1. The molecule has 1 heterocycles. The van der Waals surface area contributed by atoms with Crippen molar-refractivity contribution in [2.75, 3.05) is 5.32 Å². The first-order valence-corrected chi connectivity index (χ1v) is 7.15. The summed E-state index contributed by atoms with van der Waals surface area (Å²) < 4.78 is 1.64. The third kappa shape index (κ3) is 2.60. The van der Waals surface area contributed by atoms with E-state index in [9.17, 15) is 4.79 Å². The Morgan fingerprint density at radius 1 is 1.17 bits per heavy atom. The number of aromatic nitrogens is 1. The second-order valence-corrected chi connectivity index (χ2v) is 5.97. The molecule has 98 valence electrons. The van der Waals surface area contributed by atoms with Crippen LogP contribution in [0.1, 0.15) is 38.5 Å². The molecule has 0 aromatic carbocycles. The summed E-state index contributed by atoms with van der Waals surface area (Å²) in [4.78, 5) is 11.3. The summed E-state index contributed by atoms with van der Waals surface area (Å²) >= 11 is 0. The lowest BCUT2D eigenvalue weighted by molar-refractivity contribution is 0.303. The number of hydrogen-bond acceptors (Lipinski definition) is 2. The number of pyridine rings is 1. The maximum atomic E-state index is 11.3. The van der Waals surface area contributed by atoms with Gasteiger partial charge in [0, 0.05) is 25.4 Å². The van der Waals surface area contributed by atoms with E-state index in [1.54, 1.807) is 17.7 Å². The van der Waals surface area contributed by atoms with Gasteiger partial charge in [0.25, 0.3) is 0 Å². The third-order valence-corrected chi connectivity index (χ3v) is 4.46. The van der Waals surface area contributed by atoms with Gasteiger partial charge in [-0.15, -0.1) is 0 Å². The van der Waals surface area contributed by atoms with E-state index in [1.165, 1.54) is 38.5 Å². The predicted molar refractivity (Wildman–Crippen MR) is 73.8 cm³/mol. The second-order valence-electron chi connectivity index (χ2n) is 5.97. The number of rotatable bonds is 3. The summed E-state index contributed by atoms with van der Waals surface area (Å²) in [7, 11) is 1.81. The maximum Gasteiger partial charge on any atom is 0.250 e. The largest absolute Gasteiger partial charge is 0.381 e. The van der Waals surface area contributed by atoms with Crippen LogP contribution in [0.25, 0.3) is 0 Å². The Morgan fingerprint density at radius 3 is 2.72 bits per heavy atom. The van der Waals surface area contributed by atoms with Crippen molar-refractivity contribution in [2.45, 2.75) is 44.6 Å². The fourth-order valence-electron chi connectivity index (χ4n) is 3.27. The molecule has 0 spiro atoms. The number of nitrogens with one attached hydrogen (secondary N) is 1. The van der Waals surface area contributed by atoms with E-state index in [1.807, 2.05) is 12.3 Å². The quantitative estimate of drug-likeness (QED) is 0.890. The molecule has 18 heavy (non-hydrogen) atoms. The zero-order chi connectivity index (χ0) is 12.5. The molecular weight excluding hydrogens is 224 g/mol. The maximum absolute atomic E-state index is 11.3. The van der Waals surface area contributed by atoms with Crippen LogP contribution in [0.3, 0.4) is 0 Å². The van der Waals surface area contributed by atoms with Crippen molar-refractivity contribution >= 4 is 5.69 Å². The average Bonchev–Trinajstić information content (AvgIpc) is 3.18. The van der Waals surface area contributed by atoms with E-state index < -0.39 is 0 Å². The lowest BCUT2D eigenvalue weighted by Gasteiger charge is -2.30. The predicted octanol–water partition coefficient (Wildman–Crippen LogP) is 2.77. The molecule has 0 amide bonds. The topological polar surface area (TPSA) is 34.0 Å². The first-order chi connectivity index (χ1) is 8.72. The fourth-order valence-corrected chi connectivity index (χ4v) is 3.27. The molecule has 2 aliphatic carbocycles. The molecule has 3 rings (SSSR count). The van der Waals surface area contributed by atoms with Gasteiger partial charge >= 0.3 is 0 Å². The Hall–Kier alpha value is -1.25. The summed E-state index contributed by atoms with van der Waals surface area (Å²) in [5.41, 5.74) is 1.14. The van der Waals surface area contributed by atoms with Crippen molar-refractivity contribution < 1.29 is 0 Å². The molecule has 2 aliphatic rings. The Balaban J connectivity index is 1.64. The molecule has 0 saturated heterocycles. The average molecular weight is 246 g/mol. The minimum Gasteiger partial charge on any atom is -0.381 e. The Bertz CT molecular complexity index is 476. The monoisotopic (exact) mass is 246 g/mol. The molecule has 2 fully saturated rings. The number of nitrogens with zero attached hydrogens (tertiary/aromatic N) is 1. The van der Waals surface area contributed by atoms with E-state index in [0.717, 1.165) is 17.5 Å². The SMILES string of the molecule is Cn1cc(NC2CCCC(C3CC3)C2)ccc1=O. The Labute approximate surface area is 108 Å². The van der Waals surface area contributed by atoms with E-state index in [2.05, 4.69) is 5.32 Å². The van der Waals surface area contributed by atoms with Crippen LogP contribution in [0.2, 0.25) is 0 Å². The van der Waals surface area contributed by atoms with Crippen LogP contribution in [-0.2, 0) is 7.05 Å². The molecule has 1 N–H and O–H groups in total. The van der Waals surface area contributed by atoms with Gasteiger partial charge in [-0.3, -0.25) is 4.79 Å². The number of aryl methyl sites for hydroxylation is 1. The van der Waals surface area contributed by atoms with Crippen molar-refractivity contribution in [3.8, 4) is 0 Å². The van der Waals surface area contributed by atoms with Crippen molar-refractivity contribution in [3.63, 3.8) is 0 Å². The summed E-state index contributed by atoms with van der Waals surface area (Å²) in [6, 6.07) is 4.15. The molecular formula is C15H22N2O. The fraction of sp³-hybridized carbons (Fsp3) is 0.667.